The Morgan fingerprint density at radius 2 is 1.95 bits per heavy atom. The van der Waals surface area contributed by atoms with Crippen LogP contribution < -0.4 is 0 Å². The summed E-state index contributed by atoms with van der Waals surface area (Å²) in [6.07, 6.45) is -0.221. The topological polar surface area (TPSA) is 46.6 Å². The molecule has 1 aliphatic heterocycles. The van der Waals surface area contributed by atoms with Gasteiger partial charge in [0.05, 0.1) is 10.4 Å². The summed E-state index contributed by atoms with van der Waals surface area (Å²) >= 11 is 6.86. The van der Waals surface area contributed by atoms with Crippen LogP contribution in [0.15, 0.2) is 46.7 Å². The average Bonchev–Trinajstić information content (AvgIpc) is 3.09. The first kappa shape index (κ1) is 14.0. The quantitative estimate of drug-likeness (QED) is 0.869. The summed E-state index contributed by atoms with van der Waals surface area (Å²) in [5, 5.41) is 0. The standard InChI is InChI=1S/C13H12ClNO3S2/c14-12-6-7-13(19-12)20(16,17)15-8-11(18-9-15)10-4-2-1-3-5-10/h1-7,11H,8-9H2. The number of benzene rings is 1. The van der Waals surface area contributed by atoms with E-state index < -0.39 is 10.0 Å². The molecular formula is C13H12ClNO3S2. The van der Waals surface area contributed by atoms with Gasteiger partial charge in [-0.15, -0.1) is 11.3 Å². The largest absolute Gasteiger partial charge is 0.356 e. The predicted molar refractivity (Wildman–Crippen MR) is 78.4 cm³/mol. The van der Waals surface area contributed by atoms with Gasteiger partial charge in [-0.1, -0.05) is 41.9 Å². The SMILES string of the molecule is O=S(=O)(c1ccc(Cl)s1)N1COC(c2ccccc2)C1. The van der Waals surface area contributed by atoms with Gasteiger partial charge in [0.1, 0.15) is 10.9 Å². The van der Waals surface area contributed by atoms with Crippen LogP contribution in [0, 0.1) is 0 Å². The van der Waals surface area contributed by atoms with Crippen LogP contribution in [0.4, 0.5) is 0 Å². The molecule has 0 radical (unpaired) electrons. The number of thiophene rings is 1. The highest BCUT2D eigenvalue weighted by molar-refractivity contribution is 7.91. The fourth-order valence-electron chi connectivity index (χ4n) is 2.06. The molecule has 4 nitrogen and oxygen atoms in total. The van der Waals surface area contributed by atoms with Crippen molar-refractivity contribution in [3.05, 3.63) is 52.4 Å². The fraction of sp³-hybridized carbons (Fsp3) is 0.231. The lowest BCUT2D eigenvalue weighted by atomic mass is 10.1. The number of sulfonamides is 1. The molecule has 0 bridgehead atoms. The third-order valence-corrected chi connectivity index (χ3v) is 6.59. The van der Waals surface area contributed by atoms with Crippen LogP contribution in [0.2, 0.25) is 4.34 Å². The van der Waals surface area contributed by atoms with Crippen molar-refractivity contribution in [2.45, 2.75) is 10.3 Å². The third-order valence-electron chi connectivity index (χ3n) is 3.10. The zero-order valence-corrected chi connectivity index (χ0v) is 12.8. The van der Waals surface area contributed by atoms with E-state index in [1.807, 2.05) is 30.3 Å². The second-order valence-electron chi connectivity index (χ2n) is 4.39. The van der Waals surface area contributed by atoms with Gasteiger partial charge in [0, 0.05) is 6.54 Å². The normalized spacial score (nSPS) is 20.4. The molecule has 0 saturated carbocycles. The molecule has 0 spiro atoms. The maximum Gasteiger partial charge on any atom is 0.254 e. The molecule has 1 atom stereocenters. The molecular weight excluding hydrogens is 318 g/mol. The van der Waals surface area contributed by atoms with Crippen molar-refractivity contribution >= 4 is 33.0 Å². The van der Waals surface area contributed by atoms with Crippen LogP contribution >= 0.6 is 22.9 Å². The van der Waals surface area contributed by atoms with Crippen LogP contribution in [0.3, 0.4) is 0 Å². The van der Waals surface area contributed by atoms with Crippen molar-refractivity contribution < 1.29 is 13.2 Å². The van der Waals surface area contributed by atoms with E-state index in [9.17, 15) is 8.42 Å². The first-order chi connectivity index (χ1) is 9.57. The molecule has 3 rings (SSSR count). The van der Waals surface area contributed by atoms with E-state index in [1.165, 1.54) is 10.4 Å². The minimum Gasteiger partial charge on any atom is -0.356 e. The summed E-state index contributed by atoms with van der Waals surface area (Å²) < 4.78 is 32.5. The van der Waals surface area contributed by atoms with Crippen molar-refractivity contribution in [2.75, 3.05) is 13.3 Å². The smallest absolute Gasteiger partial charge is 0.254 e. The highest BCUT2D eigenvalue weighted by atomic mass is 35.5. The molecule has 1 unspecified atom stereocenters. The monoisotopic (exact) mass is 329 g/mol. The first-order valence-electron chi connectivity index (χ1n) is 5.99. The molecule has 1 fully saturated rings. The van der Waals surface area contributed by atoms with Gasteiger partial charge in [0.15, 0.2) is 0 Å². The summed E-state index contributed by atoms with van der Waals surface area (Å²) in [4.78, 5) is 0. The third kappa shape index (κ3) is 2.62. The van der Waals surface area contributed by atoms with E-state index >= 15 is 0 Å². The average molecular weight is 330 g/mol. The molecule has 1 aromatic carbocycles. The summed E-state index contributed by atoms with van der Waals surface area (Å²) in [5.41, 5.74) is 0.981. The summed E-state index contributed by atoms with van der Waals surface area (Å²) in [6.45, 7) is 0.388. The molecule has 7 heteroatoms. The molecule has 0 amide bonds. The van der Waals surface area contributed by atoms with Crippen molar-refractivity contribution in [3.63, 3.8) is 0 Å². The van der Waals surface area contributed by atoms with Crippen molar-refractivity contribution in [1.82, 2.24) is 4.31 Å². The highest BCUT2D eigenvalue weighted by Crippen LogP contribution is 2.32. The summed E-state index contributed by atoms with van der Waals surface area (Å²) in [5.74, 6) is 0. The maximum atomic E-state index is 12.4. The number of halogens is 1. The molecule has 106 valence electrons. The van der Waals surface area contributed by atoms with Crippen LogP contribution in [-0.4, -0.2) is 26.0 Å². The zero-order chi connectivity index (χ0) is 14.2. The van der Waals surface area contributed by atoms with Crippen LogP contribution in [-0.2, 0) is 14.8 Å². The lowest BCUT2D eigenvalue weighted by molar-refractivity contribution is 0.104. The molecule has 0 aliphatic carbocycles. The lowest BCUT2D eigenvalue weighted by Gasteiger charge is -2.12. The van der Waals surface area contributed by atoms with Gasteiger partial charge in [0.2, 0.25) is 0 Å². The zero-order valence-electron chi connectivity index (χ0n) is 10.4. The van der Waals surface area contributed by atoms with Gasteiger partial charge in [0.25, 0.3) is 10.0 Å². The van der Waals surface area contributed by atoms with E-state index in [-0.39, 0.29) is 17.0 Å². The number of hydrogen-bond donors (Lipinski definition) is 0. The second-order valence-corrected chi connectivity index (χ2v) is 8.27. The molecule has 20 heavy (non-hydrogen) atoms. The Hall–Kier alpha value is -0.920. The predicted octanol–water partition coefficient (Wildman–Crippen LogP) is 3.12. The Kier molecular flexibility index (Phi) is 3.83. The van der Waals surface area contributed by atoms with Crippen LogP contribution in [0.25, 0.3) is 0 Å². The molecule has 2 aromatic rings. The number of rotatable bonds is 3. The van der Waals surface area contributed by atoms with Gasteiger partial charge in [-0.25, -0.2) is 8.42 Å². The maximum absolute atomic E-state index is 12.4. The van der Waals surface area contributed by atoms with Crippen LogP contribution in [0.5, 0.6) is 0 Å². The van der Waals surface area contributed by atoms with E-state index in [0.29, 0.717) is 10.9 Å². The summed E-state index contributed by atoms with van der Waals surface area (Å²) in [6, 6.07) is 12.7. The van der Waals surface area contributed by atoms with E-state index in [2.05, 4.69) is 0 Å². The second kappa shape index (κ2) is 5.46. The Morgan fingerprint density at radius 1 is 1.20 bits per heavy atom. The van der Waals surface area contributed by atoms with Crippen molar-refractivity contribution in [1.29, 1.82) is 0 Å². The Bertz CT molecular complexity index is 699. The highest BCUT2D eigenvalue weighted by Gasteiger charge is 2.34. The van der Waals surface area contributed by atoms with E-state index in [0.717, 1.165) is 16.9 Å². The van der Waals surface area contributed by atoms with Gasteiger partial charge in [-0.3, -0.25) is 0 Å². The number of nitrogens with zero attached hydrogens (tertiary/aromatic N) is 1. The summed E-state index contributed by atoms with van der Waals surface area (Å²) in [7, 11) is -3.52. The van der Waals surface area contributed by atoms with Gasteiger partial charge in [-0.2, -0.15) is 4.31 Å². The van der Waals surface area contributed by atoms with E-state index in [1.54, 1.807) is 6.07 Å². The van der Waals surface area contributed by atoms with Gasteiger partial charge in [-0.05, 0) is 17.7 Å². The van der Waals surface area contributed by atoms with Crippen molar-refractivity contribution in [2.24, 2.45) is 0 Å². The Labute approximate surface area is 126 Å². The molecule has 1 saturated heterocycles. The minimum atomic E-state index is -3.52. The van der Waals surface area contributed by atoms with E-state index in [4.69, 9.17) is 16.3 Å². The van der Waals surface area contributed by atoms with Crippen molar-refractivity contribution in [3.8, 4) is 0 Å². The number of hydrogen-bond acceptors (Lipinski definition) is 4. The minimum absolute atomic E-state index is 0.0669. The molecule has 1 aliphatic rings. The lowest BCUT2D eigenvalue weighted by Crippen LogP contribution is -2.28. The first-order valence-corrected chi connectivity index (χ1v) is 8.63. The molecule has 1 aromatic heterocycles. The van der Waals surface area contributed by atoms with Gasteiger partial charge < -0.3 is 4.74 Å². The van der Waals surface area contributed by atoms with Crippen LogP contribution in [0.1, 0.15) is 11.7 Å². The Morgan fingerprint density at radius 3 is 2.60 bits per heavy atom. The number of ether oxygens (including phenoxy) is 1. The molecule has 0 N–H and O–H groups in total. The Balaban J connectivity index is 1.80. The van der Waals surface area contributed by atoms with Gasteiger partial charge >= 0.3 is 0 Å². The fourth-order valence-corrected chi connectivity index (χ4v) is 5.01. The molecule has 2 heterocycles.